The summed E-state index contributed by atoms with van der Waals surface area (Å²) in [5, 5.41) is 0. The van der Waals surface area contributed by atoms with Crippen molar-refractivity contribution in [3.05, 3.63) is 71.8 Å². The zero-order chi connectivity index (χ0) is 19.4. The first-order chi connectivity index (χ1) is 12.9. The van der Waals surface area contributed by atoms with Crippen LogP contribution in [-0.4, -0.2) is 48.4 Å². The van der Waals surface area contributed by atoms with Crippen molar-refractivity contribution in [3.8, 4) is 0 Å². The Morgan fingerprint density at radius 2 is 1.61 bits per heavy atom. The van der Waals surface area contributed by atoms with Gasteiger partial charge in [-0.1, -0.05) is 74.5 Å². The van der Waals surface area contributed by atoms with Gasteiger partial charge in [-0.15, -0.1) is 12.4 Å². The van der Waals surface area contributed by atoms with E-state index in [1.54, 1.807) is 0 Å². The summed E-state index contributed by atoms with van der Waals surface area (Å²) in [6.45, 7) is 6.55. The summed E-state index contributed by atoms with van der Waals surface area (Å²) in [5.74, 6) is 0.138. The van der Waals surface area contributed by atoms with Crippen LogP contribution in [0.1, 0.15) is 37.4 Å². The number of hydrogen-bond donors (Lipinski definition) is 1. The van der Waals surface area contributed by atoms with Gasteiger partial charge >= 0.3 is 0 Å². The molecule has 1 aliphatic rings. The van der Waals surface area contributed by atoms with Gasteiger partial charge in [0.05, 0.1) is 12.6 Å². The molecule has 0 radical (unpaired) electrons. The Morgan fingerprint density at radius 3 is 2.07 bits per heavy atom. The molecule has 0 aromatic heterocycles. The van der Waals surface area contributed by atoms with Crippen LogP contribution in [0.4, 0.5) is 0 Å². The number of rotatable bonds is 5. The van der Waals surface area contributed by atoms with E-state index in [1.165, 1.54) is 0 Å². The minimum absolute atomic E-state index is 0. The summed E-state index contributed by atoms with van der Waals surface area (Å²) < 4.78 is 0. The Kier molecular flexibility index (Phi) is 7.64. The maximum absolute atomic E-state index is 13.1. The molecular formula is C23H32ClN3O. The van der Waals surface area contributed by atoms with Crippen molar-refractivity contribution in [1.29, 1.82) is 0 Å². The standard InChI is InChI=1S/C23H31N3O.ClH/c1-23(2)17-26(15-14-20(23)24)16-21(27)25(3)22(18-10-6-4-7-11-18)19-12-8-5-9-13-19;/h4-13,20,22H,14-17,24H2,1-3H3;1H. The summed E-state index contributed by atoms with van der Waals surface area (Å²) >= 11 is 0. The van der Waals surface area contributed by atoms with Crippen LogP contribution >= 0.6 is 12.4 Å². The molecule has 3 rings (SSSR count). The van der Waals surface area contributed by atoms with Gasteiger partial charge in [-0.3, -0.25) is 9.69 Å². The molecule has 2 aromatic rings. The molecule has 0 saturated carbocycles. The van der Waals surface area contributed by atoms with Gasteiger partial charge in [0.1, 0.15) is 0 Å². The van der Waals surface area contributed by atoms with Crippen molar-refractivity contribution in [2.24, 2.45) is 11.1 Å². The highest BCUT2D eigenvalue weighted by Crippen LogP contribution is 2.30. The predicted molar refractivity (Wildman–Crippen MR) is 118 cm³/mol. The third-order valence-corrected chi connectivity index (χ3v) is 5.76. The average Bonchev–Trinajstić information content (AvgIpc) is 2.66. The number of piperidine rings is 1. The molecule has 2 aromatic carbocycles. The van der Waals surface area contributed by atoms with E-state index < -0.39 is 0 Å². The zero-order valence-corrected chi connectivity index (χ0v) is 17.9. The summed E-state index contributed by atoms with van der Waals surface area (Å²) in [5.41, 5.74) is 8.53. The lowest BCUT2D eigenvalue weighted by Crippen LogP contribution is -2.54. The number of carbonyl (C=O) groups is 1. The van der Waals surface area contributed by atoms with Crippen molar-refractivity contribution < 1.29 is 4.79 Å². The van der Waals surface area contributed by atoms with Crippen LogP contribution in [0.15, 0.2) is 60.7 Å². The molecule has 2 N–H and O–H groups in total. The molecule has 1 fully saturated rings. The quantitative estimate of drug-likeness (QED) is 0.830. The fourth-order valence-electron chi connectivity index (χ4n) is 3.98. The van der Waals surface area contributed by atoms with E-state index >= 15 is 0 Å². The summed E-state index contributed by atoms with van der Waals surface area (Å²) in [6, 6.07) is 20.6. The van der Waals surface area contributed by atoms with Gasteiger partial charge in [0.15, 0.2) is 0 Å². The molecule has 1 saturated heterocycles. The van der Waals surface area contributed by atoms with Crippen LogP contribution in [0.3, 0.4) is 0 Å². The Hall–Kier alpha value is -1.88. The lowest BCUT2D eigenvalue weighted by molar-refractivity contribution is -0.133. The number of nitrogens with two attached hydrogens (primary N) is 1. The molecule has 0 bridgehead atoms. The first-order valence-electron chi connectivity index (χ1n) is 9.72. The fraction of sp³-hybridized carbons (Fsp3) is 0.435. The molecule has 152 valence electrons. The maximum Gasteiger partial charge on any atom is 0.237 e. The van der Waals surface area contributed by atoms with Crippen LogP contribution < -0.4 is 5.73 Å². The molecule has 28 heavy (non-hydrogen) atoms. The normalized spacial score (nSPS) is 19.1. The maximum atomic E-state index is 13.1. The van der Waals surface area contributed by atoms with Crippen molar-refractivity contribution in [3.63, 3.8) is 0 Å². The number of carbonyl (C=O) groups excluding carboxylic acids is 1. The number of halogens is 1. The second kappa shape index (κ2) is 9.55. The van der Waals surface area contributed by atoms with E-state index in [4.69, 9.17) is 5.73 Å². The van der Waals surface area contributed by atoms with Crippen molar-refractivity contribution in [1.82, 2.24) is 9.80 Å². The minimum Gasteiger partial charge on any atom is -0.334 e. The summed E-state index contributed by atoms with van der Waals surface area (Å²) in [7, 11) is 1.91. The molecule has 0 aliphatic carbocycles. The van der Waals surface area contributed by atoms with Gasteiger partial charge in [0.25, 0.3) is 0 Å². The number of likely N-dealkylation sites (N-methyl/N-ethyl adjacent to an activating group) is 1. The number of benzene rings is 2. The smallest absolute Gasteiger partial charge is 0.237 e. The van der Waals surface area contributed by atoms with E-state index in [1.807, 2.05) is 48.3 Å². The Labute approximate surface area is 175 Å². The predicted octanol–water partition coefficient (Wildman–Crippen LogP) is 3.72. The highest BCUT2D eigenvalue weighted by Gasteiger charge is 2.35. The van der Waals surface area contributed by atoms with E-state index in [0.717, 1.165) is 30.6 Å². The first-order valence-corrected chi connectivity index (χ1v) is 9.72. The second-order valence-corrected chi connectivity index (χ2v) is 8.32. The Morgan fingerprint density at radius 1 is 1.11 bits per heavy atom. The van der Waals surface area contributed by atoms with Crippen LogP contribution in [0.2, 0.25) is 0 Å². The van der Waals surface area contributed by atoms with E-state index in [-0.39, 0.29) is 35.8 Å². The number of nitrogens with zero attached hydrogens (tertiary/aromatic N) is 2. The van der Waals surface area contributed by atoms with E-state index in [9.17, 15) is 4.79 Å². The third-order valence-electron chi connectivity index (χ3n) is 5.76. The monoisotopic (exact) mass is 401 g/mol. The van der Waals surface area contributed by atoms with Crippen molar-refractivity contribution >= 4 is 18.3 Å². The van der Waals surface area contributed by atoms with Crippen molar-refractivity contribution in [2.45, 2.75) is 32.4 Å². The van der Waals surface area contributed by atoms with Gasteiger partial charge < -0.3 is 10.6 Å². The topological polar surface area (TPSA) is 49.6 Å². The molecular weight excluding hydrogens is 370 g/mol. The number of hydrogen-bond acceptors (Lipinski definition) is 3. The molecule has 1 amide bonds. The van der Waals surface area contributed by atoms with Crippen LogP contribution in [-0.2, 0) is 4.79 Å². The van der Waals surface area contributed by atoms with Gasteiger partial charge in [-0.2, -0.15) is 0 Å². The Bertz CT molecular complexity index is 711. The zero-order valence-electron chi connectivity index (χ0n) is 17.0. The summed E-state index contributed by atoms with van der Waals surface area (Å²) in [6.07, 6.45) is 0.935. The van der Waals surface area contributed by atoms with Crippen molar-refractivity contribution in [2.75, 3.05) is 26.7 Å². The highest BCUT2D eigenvalue weighted by atomic mass is 35.5. The molecule has 0 spiro atoms. The third kappa shape index (κ3) is 5.13. The van der Waals surface area contributed by atoms with E-state index in [2.05, 4.69) is 43.0 Å². The SMILES string of the molecule is CN(C(=O)CN1CCC(N)C(C)(C)C1)C(c1ccccc1)c1ccccc1.Cl. The highest BCUT2D eigenvalue weighted by molar-refractivity contribution is 5.85. The van der Waals surface area contributed by atoms with Crippen LogP contribution in [0.5, 0.6) is 0 Å². The molecule has 1 unspecified atom stereocenters. The second-order valence-electron chi connectivity index (χ2n) is 8.32. The molecule has 1 atom stereocenters. The molecule has 4 nitrogen and oxygen atoms in total. The number of amides is 1. The van der Waals surface area contributed by atoms with Gasteiger partial charge in [0, 0.05) is 26.2 Å². The van der Waals surface area contributed by atoms with Gasteiger partial charge in [0.2, 0.25) is 5.91 Å². The number of likely N-dealkylation sites (tertiary alicyclic amines) is 1. The first kappa shape index (κ1) is 22.4. The lowest BCUT2D eigenvalue weighted by atomic mass is 9.80. The van der Waals surface area contributed by atoms with Crippen LogP contribution in [0.25, 0.3) is 0 Å². The minimum atomic E-state index is -0.0834. The lowest BCUT2D eigenvalue weighted by Gasteiger charge is -2.43. The molecule has 5 heteroatoms. The summed E-state index contributed by atoms with van der Waals surface area (Å²) in [4.78, 5) is 17.3. The van der Waals surface area contributed by atoms with Crippen LogP contribution in [0, 0.1) is 5.41 Å². The molecule has 1 aliphatic heterocycles. The molecule has 1 heterocycles. The average molecular weight is 402 g/mol. The largest absolute Gasteiger partial charge is 0.334 e. The fourth-order valence-corrected chi connectivity index (χ4v) is 3.98. The van der Waals surface area contributed by atoms with Gasteiger partial charge in [-0.05, 0) is 23.0 Å². The Balaban J connectivity index is 0.00000280. The van der Waals surface area contributed by atoms with E-state index in [0.29, 0.717) is 6.54 Å². The van der Waals surface area contributed by atoms with Gasteiger partial charge in [-0.25, -0.2) is 0 Å².